The first-order valence-electron chi connectivity index (χ1n) is 4.16. The fraction of sp³-hybridized carbons (Fsp3) is 0.556. The third-order valence-electron chi connectivity index (χ3n) is 1.84. The summed E-state index contributed by atoms with van der Waals surface area (Å²) in [5.41, 5.74) is 6.21. The molecule has 0 aromatic carbocycles. The van der Waals surface area contributed by atoms with Crippen molar-refractivity contribution < 1.29 is 4.79 Å². The summed E-state index contributed by atoms with van der Waals surface area (Å²) in [7, 11) is 1.79. The molecular formula is C9H15N3O. The number of nitrogens with zero attached hydrogens (tertiary/aromatic N) is 2. The van der Waals surface area contributed by atoms with Crippen molar-refractivity contribution in [1.29, 1.82) is 0 Å². The summed E-state index contributed by atoms with van der Waals surface area (Å²) < 4.78 is 1.62. The average Bonchev–Trinajstić information content (AvgIpc) is 2.26. The van der Waals surface area contributed by atoms with Gasteiger partial charge in [0, 0.05) is 13.2 Å². The third kappa shape index (κ3) is 1.95. The summed E-state index contributed by atoms with van der Waals surface area (Å²) >= 11 is 0. The molecule has 0 amide bonds. The minimum Gasteiger partial charge on any atom is -0.319 e. The van der Waals surface area contributed by atoms with Gasteiger partial charge in [0.05, 0.1) is 16.8 Å². The quantitative estimate of drug-likeness (QED) is 0.681. The Morgan fingerprint density at radius 2 is 2.15 bits per heavy atom. The highest BCUT2D eigenvalue weighted by Gasteiger charge is 2.26. The predicted molar refractivity (Wildman–Crippen MR) is 50.5 cm³/mol. The van der Waals surface area contributed by atoms with Crippen molar-refractivity contribution in [2.45, 2.75) is 26.3 Å². The monoisotopic (exact) mass is 181 g/mol. The number of hydrogen-bond donors (Lipinski definition) is 1. The highest BCUT2D eigenvalue weighted by molar-refractivity contribution is 6.03. The van der Waals surface area contributed by atoms with E-state index in [1.54, 1.807) is 38.7 Å². The molecule has 0 atom stereocenters. The van der Waals surface area contributed by atoms with Crippen LogP contribution in [0.25, 0.3) is 0 Å². The maximum absolute atomic E-state index is 11.7. The van der Waals surface area contributed by atoms with E-state index in [2.05, 4.69) is 5.10 Å². The van der Waals surface area contributed by atoms with Crippen molar-refractivity contribution in [2.75, 3.05) is 0 Å². The van der Waals surface area contributed by atoms with Gasteiger partial charge in [-0.25, -0.2) is 0 Å². The van der Waals surface area contributed by atoms with Crippen molar-refractivity contribution in [3.63, 3.8) is 0 Å². The number of nitrogens with two attached hydrogens (primary N) is 1. The smallest absolute Gasteiger partial charge is 0.185 e. The number of aromatic nitrogens is 2. The minimum absolute atomic E-state index is 0.0712. The molecule has 1 rings (SSSR count). The van der Waals surface area contributed by atoms with Gasteiger partial charge in [-0.2, -0.15) is 5.10 Å². The summed E-state index contributed by atoms with van der Waals surface area (Å²) in [4.78, 5) is 11.7. The Bertz CT molecular complexity index is 333. The number of hydrogen-bond acceptors (Lipinski definition) is 3. The summed E-state index contributed by atoms with van der Waals surface area (Å²) in [6, 6.07) is 0. The van der Waals surface area contributed by atoms with Gasteiger partial charge in [-0.3, -0.25) is 9.48 Å². The molecule has 1 heterocycles. The highest BCUT2D eigenvalue weighted by Crippen LogP contribution is 2.12. The zero-order valence-corrected chi connectivity index (χ0v) is 8.46. The summed E-state index contributed by atoms with van der Waals surface area (Å²) in [5.74, 6) is -0.0712. The molecule has 13 heavy (non-hydrogen) atoms. The third-order valence-corrected chi connectivity index (χ3v) is 1.84. The van der Waals surface area contributed by atoms with Gasteiger partial charge in [0.25, 0.3) is 0 Å². The molecular weight excluding hydrogens is 166 g/mol. The van der Waals surface area contributed by atoms with Crippen molar-refractivity contribution >= 4 is 5.78 Å². The van der Waals surface area contributed by atoms with E-state index < -0.39 is 5.54 Å². The van der Waals surface area contributed by atoms with E-state index in [0.29, 0.717) is 5.56 Å². The molecule has 2 N–H and O–H groups in total. The number of Topliss-reactive ketones (excluding diaryl/α,β-unsaturated/α-hetero) is 1. The molecule has 0 unspecified atom stereocenters. The molecule has 0 fully saturated rings. The fourth-order valence-corrected chi connectivity index (χ4v) is 1.17. The van der Waals surface area contributed by atoms with E-state index in [0.717, 1.165) is 5.69 Å². The first-order chi connectivity index (χ1) is 5.82. The second kappa shape index (κ2) is 2.96. The van der Waals surface area contributed by atoms with Crippen LogP contribution in [0.2, 0.25) is 0 Å². The van der Waals surface area contributed by atoms with Gasteiger partial charge in [0.1, 0.15) is 0 Å². The van der Waals surface area contributed by atoms with Crippen LogP contribution in [0.1, 0.15) is 29.9 Å². The molecule has 0 saturated heterocycles. The average molecular weight is 181 g/mol. The van der Waals surface area contributed by atoms with Crippen LogP contribution in [0.4, 0.5) is 0 Å². The van der Waals surface area contributed by atoms with Gasteiger partial charge < -0.3 is 5.73 Å². The van der Waals surface area contributed by atoms with E-state index in [1.165, 1.54) is 0 Å². The van der Waals surface area contributed by atoms with E-state index in [9.17, 15) is 4.79 Å². The molecule has 1 aromatic heterocycles. The number of carbonyl (C=O) groups excluding carboxylic acids is 1. The zero-order valence-electron chi connectivity index (χ0n) is 8.46. The maximum Gasteiger partial charge on any atom is 0.185 e. The van der Waals surface area contributed by atoms with E-state index in [4.69, 9.17) is 5.73 Å². The Balaban J connectivity index is 3.09. The molecule has 0 saturated carbocycles. The van der Waals surface area contributed by atoms with Crippen LogP contribution in [-0.4, -0.2) is 21.1 Å². The van der Waals surface area contributed by atoms with Crippen LogP contribution in [0.15, 0.2) is 6.20 Å². The lowest BCUT2D eigenvalue weighted by Crippen LogP contribution is -2.41. The van der Waals surface area contributed by atoms with Gasteiger partial charge in [-0.1, -0.05) is 0 Å². The van der Waals surface area contributed by atoms with Gasteiger partial charge in [0.15, 0.2) is 5.78 Å². The summed E-state index contributed by atoms with van der Waals surface area (Å²) in [6.07, 6.45) is 1.70. The topological polar surface area (TPSA) is 60.9 Å². The number of rotatable bonds is 2. The van der Waals surface area contributed by atoms with Gasteiger partial charge in [-0.15, -0.1) is 0 Å². The second-order valence-electron chi connectivity index (χ2n) is 3.85. The SMILES string of the molecule is Cc1nn(C)cc1C(=O)C(C)(C)N. The highest BCUT2D eigenvalue weighted by atomic mass is 16.1. The normalized spacial score (nSPS) is 11.8. The van der Waals surface area contributed by atoms with Crippen LogP contribution in [0, 0.1) is 6.92 Å². The Labute approximate surface area is 77.7 Å². The van der Waals surface area contributed by atoms with Crippen LogP contribution in [0.3, 0.4) is 0 Å². The molecule has 0 radical (unpaired) electrons. The molecule has 0 aliphatic carbocycles. The summed E-state index contributed by atoms with van der Waals surface area (Å²) in [6.45, 7) is 5.20. The lowest BCUT2D eigenvalue weighted by molar-refractivity contribution is 0.0913. The van der Waals surface area contributed by atoms with Crippen molar-refractivity contribution in [3.8, 4) is 0 Å². The van der Waals surface area contributed by atoms with Crippen molar-refractivity contribution in [2.24, 2.45) is 12.8 Å². The van der Waals surface area contributed by atoms with Crippen LogP contribution in [-0.2, 0) is 7.05 Å². The number of carbonyl (C=O) groups is 1. The largest absolute Gasteiger partial charge is 0.319 e. The van der Waals surface area contributed by atoms with Gasteiger partial charge in [0.2, 0.25) is 0 Å². The Morgan fingerprint density at radius 3 is 2.46 bits per heavy atom. The van der Waals surface area contributed by atoms with E-state index >= 15 is 0 Å². The first kappa shape index (κ1) is 9.92. The van der Waals surface area contributed by atoms with Crippen molar-refractivity contribution in [1.82, 2.24) is 9.78 Å². The van der Waals surface area contributed by atoms with E-state index in [-0.39, 0.29) is 5.78 Å². The molecule has 0 spiro atoms. The molecule has 0 bridgehead atoms. The number of ketones is 1. The Morgan fingerprint density at radius 1 is 1.62 bits per heavy atom. The predicted octanol–water partition coefficient (Wildman–Crippen LogP) is 0.649. The Hall–Kier alpha value is -1.16. The van der Waals surface area contributed by atoms with Gasteiger partial charge >= 0.3 is 0 Å². The lowest BCUT2D eigenvalue weighted by atomic mass is 9.95. The van der Waals surface area contributed by atoms with E-state index in [1.807, 2.05) is 0 Å². The minimum atomic E-state index is -0.826. The molecule has 4 nitrogen and oxygen atoms in total. The molecule has 1 aromatic rings. The van der Waals surface area contributed by atoms with Gasteiger partial charge in [-0.05, 0) is 20.8 Å². The molecule has 0 aliphatic heterocycles. The maximum atomic E-state index is 11.7. The lowest BCUT2D eigenvalue weighted by Gasteiger charge is -2.15. The van der Waals surface area contributed by atoms with Crippen molar-refractivity contribution in [3.05, 3.63) is 17.5 Å². The van der Waals surface area contributed by atoms with Crippen LogP contribution in [0.5, 0.6) is 0 Å². The van der Waals surface area contributed by atoms with Crippen LogP contribution < -0.4 is 5.73 Å². The standard InChI is InChI=1S/C9H15N3O/c1-6-7(5-12(4)11-6)8(13)9(2,3)10/h5H,10H2,1-4H3. The second-order valence-corrected chi connectivity index (χ2v) is 3.85. The van der Waals surface area contributed by atoms with Crippen LogP contribution >= 0.6 is 0 Å². The summed E-state index contributed by atoms with van der Waals surface area (Å²) in [5, 5.41) is 4.09. The first-order valence-corrected chi connectivity index (χ1v) is 4.16. The Kier molecular flexibility index (Phi) is 2.26. The number of aryl methyl sites for hydroxylation is 2. The fourth-order valence-electron chi connectivity index (χ4n) is 1.17. The molecule has 0 aliphatic rings. The zero-order chi connectivity index (χ0) is 10.2. The molecule has 72 valence electrons. The molecule has 4 heteroatoms.